The van der Waals surface area contributed by atoms with Crippen LogP contribution < -0.4 is 0 Å². The Labute approximate surface area is 86.1 Å². The highest BCUT2D eigenvalue weighted by Crippen LogP contribution is 2.40. The summed E-state index contributed by atoms with van der Waals surface area (Å²) < 4.78 is 5.93. The van der Waals surface area contributed by atoms with Crippen LogP contribution in [0, 0.1) is 0 Å². The van der Waals surface area contributed by atoms with Gasteiger partial charge in [0.15, 0.2) is 0 Å². The minimum atomic E-state index is 0.285. The van der Waals surface area contributed by atoms with E-state index in [4.69, 9.17) is 4.74 Å². The Morgan fingerprint density at radius 3 is 2.64 bits per heavy atom. The number of fused-ring (bicyclic) bond motifs is 1. The molecule has 1 aromatic carbocycles. The van der Waals surface area contributed by atoms with E-state index in [1.807, 2.05) is 0 Å². The maximum Gasteiger partial charge on any atom is 0.0836 e. The summed E-state index contributed by atoms with van der Waals surface area (Å²) in [6, 6.07) is 8.60. The largest absolute Gasteiger partial charge is 0.366 e. The van der Waals surface area contributed by atoms with Crippen molar-refractivity contribution >= 4 is 0 Å². The lowest BCUT2D eigenvalue weighted by molar-refractivity contribution is 0.0160. The first kappa shape index (κ1) is 9.72. The Kier molecular flexibility index (Phi) is 2.87. The fourth-order valence-electron chi connectivity index (χ4n) is 2.18. The van der Waals surface area contributed by atoms with E-state index in [0.29, 0.717) is 6.10 Å². The molecule has 0 N–H and O–H groups in total. The topological polar surface area (TPSA) is 9.23 Å². The average Bonchev–Trinajstić information content (AvgIpc) is 2.54. The third kappa shape index (κ3) is 1.69. The Morgan fingerprint density at radius 2 is 1.93 bits per heavy atom. The summed E-state index contributed by atoms with van der Waals surface area (Å²) in [5.74, 6) is 0. The van der Waals surface area contributed by atoms with Crippen molar-refractivity contribution in [3.05, 3.63) is 35.4 Å². The smallest absolute Gasteiger partial charge is 0.0836 e. The van der Waals surface area contributed by atoms with Crippen molar-refractivity contribution in [1.29, 1.82) is 0 Å². The molecule has 0 spiro atoms. The minimum absolute atomic E-state index is 0.285. The number of benzene rings is 1. The molecule has 0 fully saturated rings. The molecule has 0 bridgehead atoms. The Morgan fingerprint density at radius 1 is 1.21 bits per heavy atom. The monoisotopic (exact) mass is 190 g/mol. The minimum Gasteiger partial charge on any atom is -0.366 e. The van der Waals surface area contributed by atoms with Gasteiger partial charge in [-0.1, -0.05) is 44.0 Å². The molecule has 0 aromatic heterocycles. The van der Waals surface area contributed by atoms with Gasteiger partial charge in [0, 0.05) is 0 Å². The van der Waals surface area contributed by atoms with Gasteiger partial charge in [0.25, 0.3) is 0 Å². The van der Waals surface area contributed by atoms with E-state index in [-0.39, 0.29) is 6.10 Å². The fraction of sp³-hybridized carbons (Fsp3) is 0.538. The van der Waals surface area contributed by atoms with Gasteiger partial charge >= 0.3 is 0 Å². The first-order valence-corrected chi connectivity index (χ1v) is 5.57. The molecule has 0 saturated carbocycles. The van der Waals surface area contributed by atoms with Crippen LogP contribution >= 0.6 is 0 Å². The highest BCUT2D eigenvalue weighted by Gasteiger charge is 2.27. The highest BCUT2D eigenvalue weighted by atomic mass is 16.5. The normalized spacial score (nSPS) is 25.0. The first-order valence-electron chi connectivity index (χ1n) is 5.57. The summed E-state index contributed by atoms with van der Waals surface area (Å²) in [7, 11) is 0. The van der Waals surface area contributed by atoms with Crippen molar-refractivity contribution in [3.8, 4) is 0 Å². The molecule has 1 aromatic rings. The summed E-state index contributed by atoms with van der Waals surface area (Å²) in [6.45, 7) is 4.37. The molecule has 76 valence electrons. The standard InChI is InChI=1S/C13H18O/c1-3-4-9-13-12-8-6-5-7-11(12)10(2)14-13/h5-8,10,13H,3-4,9H2,1-2H3/t10-,13-/m1/s1. The zero-order valence-corrected chi connectivity index (χ0v) is 8.99. The van der Waals surface area contributed by atoms with Crippen LogP contribution in [0.15, 0.2) is 24.3 Å². The molecule has 1 heteroatoms. The van der Waals surface area contributed by atoms with Gasteiger partial charge in [0.05, 0.1) is 12.2 Å². The summed E-state index contributed by atoms with van der Waals surface area (Å²) in [5.41, 5.74) is 2.79. The lowest BCUT2D eigenvalue weighted by Crippen LogP contribution is -1.96. The predicted octanol–water partition coefficient (Wildman–Crippen LogP) is 4.01. The van der Waals surface area contributed by atoms with Crippen LogP contribution in [-0.4, -0.2) is 0 Å². The number of ether oxygens (including phenoxy) is 1. The molecule has 0 amide bonds. The van der Waals surface area contributed by atoms with Crippen LogP contribution in [0.4, 0.5) is 0 Å². The van der Waals surface area contributed by atoms with Gasteiger partial charge in [-0.05, 0) is 24.5 Å². The molecule has 0 saturated heterocycles. The molecule has 1 aliphatic heterocycles. The van der Waals surface area contributed by atoms with Gasteiger partial charge < -0.3 is 4.74 Å². The third-order valence-electron chi connectivity index (χ3n) is 2.97. The van der Waals surface area contributed by atoms with Crippen LogP contribution in [0.2, 0.25) is 0 Å². The second kappa shape index (κ2) is 4.14. The van der Waals surface area contributed by atoms with E-state index in [1.165, 1.54) is 24.0 Å². The van der Waals surface area contributed by atoms with E-state index in [0.717, 1.165) is 6.42 Å². The third-order valence-corrected chi connectivity index (χ3v) is 2.97. The first-order chi connectivity index (χ1) is 6.83. The molecular weight excluding hydrogens is 172 g/mol. The maximum absolute atomic E-state index is 5.93. The van der Waals surface area contributed by atoms with E-state index in [2.05, 4.69) is 38.1 Å². The van der Waals surface area contributed by atoms with Crippen molar-refractivity contribution in [1.82, 2.24) is 0 Å². The molecule has 0 aliphatic carbocycles. The van der Waals surface area contributed by atoms with E-state index in [9.17, 15) is 0 Å². The summed E-state index contributed by atoms with van der Waals surface area (Å²) in [6.07, 6.45) is 4.30. The van der Waals surface area contributed by atoms with Crippen LogP contribution in [0.1, 0.15) is 56.4 Å². The van der Waals surface area contributed by atoms with E-state index in [1.54, 1.807) is 0 Å². The van der Waals surface area contributed by atoms with Crippen molar-refractivity contribution < 1.29 is 4.74 Å². The van der Waals surface area contributed by atoms with Gasteiger partial charge in [-0.15, -0.1) is 0 Å². The molecule has 0 radical (unpaired) electrons. The van der Waals surface area contributed by atoms with Crippen molar-refractivity contribution in [3.63, 3.8) is 0 Å². The quantitative estimate of drug-likeness (QED) is 0.699. The molecule has 1 aliphatic rings. The summed E-state index contributed by atoms with van der Waals surface area (Å²) in [5, 5.41) is 0. The zero-order chi connectivity index (χ0) is 9.97. The summed E-state index contributed by atoms with van der Waals surface area (Å²) in [4.78, 5) is 0. The fourth-order valence-corrected chi connectivity index (χ4v) is 2.18. The van der Waals surface area contributed by atoms with Gasteiger partial charge in [-0.25, -0.2) is 0 Å². The molecule has 2 atom stereocenters. The lowest BCUT2D eigenvalue weighted by atomic mass is 10.00. The second-order valence-electron chi connectivity index (χ2n) is 4.04. The van der Waals surface area contributed by atoms with Crippen LogP contribution in [0.3, 0.4) is 0 Å². The second-order valence-corrected chi connectivity index (χ2v) is 4.04. The number of rotatable bonds is 3. The molecule has 1 heterocycles. The van der Waals surface area contributed by atoms with Crippen LogP contribution in [0.25, 0.3) is 0 Å². The van der Waals surface area contributed by atoms with Gasteiger partial charge in [-0.2, -0.15) is 0 Å². The number of hydrogen-bond acceptors (Lipinski definition) is 1. The maximum atomic E-state index is 5.93. The van der Waals surface area contributed by atoms with Gasteiger partial charge in [-0.3, -0.25) is 0 Å². The van der Waals surface area contributed by atoms with Gasteiger partial charge in [0.1, 0.15) is 0 Å². The molecule has 2 rings (SSSR count). The van der Waals surface area contributed by atoms with Gasteiger partial charge in [0.2, 0.25) is 0 Å². The molecular formula is C13H18O. The summed E-state index contributed by atoms with van der Waals surface area (Å²) >= 11 is 0. The van der Waals surface area contributed by atoms with E-state index < -0.39 is 0 Å². The zero-order valence-electron chi connectivity index (χ0n) is 8.99. The molecule has 1 nitrogen and oxygen atoms in total. The van der Waals surface area contributed by atoms with Crippen LogP contribution in [-0.2, 0) is 4.74 Å². The Bertz CT molecular complexity index is 306. The van der Waals surface area contributed by atoms with Crippen LogP contribution in [0.5, 0.6) is 0 Å². The van der Waals surface area contributed by atoms with Crippen molar-refractivity contribution in [2.24, 2.45) is 0 Å². The SMILES string of the molecule is CCCC[C@H]1O[C@H](C)c2ccccc21. The number of unbranched alkanes of at least 4 members (excludes halogenated alkanes) is 1. The Balaban J connectivity index is 2.17. The number of hydrogen-bond donors (Lipinski definition) is 0. The van der Waals surface area contributed by atoms with Crippen molar-refractivity contribution in [2.75, 3.05) is 0 Å². The molecule has 14 heavy (non-hydrogen) atoms. The van der Waals surface area contributed by atoms with E-state index >= 15 is 0 Å². The molecule has 0 unspecified atom stereocenters. The highest BCUT2D eigenvalue weighted by molar-refractivity contribution is 5.33. The van der Waals surface area contributed by atoms with Crippen molar-refractivity contribution in [2.45, 2.75) is 45.3 Å². The lowest BCUT2D eigenvalue weighted by Gasteiger charge is -2.10. The predicted molar refractivity (Wildman–Crippen MR) is 58.2 cm³/mol. The average molecular weight is 190 g/mol. The Hall–Kier alpha value is -0.820.